The van der Waals surface area contributed by atoms with E-state index in [1.807, 2.05) is 0 Å². The second-order valence-corrected chi connectivity index (χ2v) is 15.6. The van der Waals surface area contributed by atoms with Crippen LogP contribution in [-0.2, 0) is 21.7 Å². The Bertz CT molecular complexity index is 1180. The first-order valence-corrected chi connectivity index (χ1v) is 16.3. The molecule has 1 unspecified atom stereocenters. The summed E-state index contributed by atoms with van der Waals surface area (Å²) in [7, 11) is -2.60. The summed E-state index contributed by atoms with van der Waals surface area (Å²) in [6.07, 6.45) is 8.42. The molecule has 0 N–H and O–H groups in total. The van der Waals surface area contributed by atoms with Crippen LogP contribution in [-0.4, -0.2) is 8.07 Å². The molecule has 0 radical (unpaired) electrons. The predicted octanol–water partition coefficient (Wildman–Crippen LogP) is 9.43. The maximum atomic E-state index is 3.84. The quantitative estimate of drug-likeness (QED) is 0.122. The molecule has 41 heavy (non-hydrogen) atoms. The average Bonchev–Trinajstić information content (AvgIpc) is 3.39. The molecule has 3 aromatic carbocycles. The van der Waals surface area contributed by atoms with Gasteiger partial charge >= 0.3 is 0 Å². The zero-order valence-electron chi connectivity index (χ0n) is 26.0. The fourth-order valence-corrected chi connectivity index (χ4v) is 11.1. The van der Waals surface area contributed by atoms with E-state index in [2.05, 4.69) is 140 Å². The Labute approximate surface area is 285 Å². The van der Waals surface area contributed by atoms with E-state index in [1.165, 1.54) is 37.8 Å². The van der Waals surface area contributed by atoms with E-state index in [0.29, 0.717) is 23.7 Å². The fourth-order valence-electron chi connectivity index (χ4n) is 5.83. The molecule has 0 amide bonds. The summed E-state index contributed by atoms with van der Waals surface area (Å²) in [5, 5.41) is 6.05. The van der Waals surface area contributed by atoms with Gasteiger partial charge in [0.25, 0.3) is 0 Å². The molecular weight excluding hydrogens is 615 g/mol. The first-order valence-electron chi connectivity index (χ1n) is 14.3. The maximum Gasteiger partial charge on any atom is 0.0993 e. The van der Waals surface area contributed by atoms with Crippen molar-refractivity contribution < 1.29 is 21.7 Å². The third-order valence-corrected chi connectivity index (χ3v) is 13.2. The fraction of sp³-hybridized carbons (Fsp3) is 0.389. The molecular formula is C36H48Cl3SiTi-. The molecule has 0 heterocycles. The Hall–Kier alpha value is -1.06. The molecule has 0 spiro atoms. The SMILES string of the molecule is CCC(C)C1=[C-]CC=C1[Si](c1cccc(C(C)C)c1)(c1cccc(C(C)C)c1)c1cccc(C(C)C)c1.Cl.Cl.Cl.[Ti]. The Balaban J connectivity index is 0.00000400. The minimum absolute atomic E-state index is 0. The standard InChI is InChI=1S/C36H45Si.3ClH.Ti/c1-9-28(8)35-20-13-21-36(35)37(32-17-10-14-29(22-32)25(2)3,33-18-11-15-30(23-33)26(4)5)34-19-12-16-31(24-34)27(6)7;;;;/h10-12,14-19,21-28H,9,13H2,1-8H3;3*1H;/q-1;;;;. The third kappa shape index (κ3) is 8.11. The van der Waals surface area contributed by atoms with Crippen LogP contribution in [0, 0.1) is 12.0 Å². The Morgan fingerprint density at radius 1 is 0.634 bits per heavy atom. The van der Waals surface area contributed by atoms with Gasteiger partial charge in [0.15, 0.2) is 0 Å². The van der Waals surface area contributed by atoms with Crippen molar-refractivity contribution in [2.75, 3.05) is 0 Å². The molecule has 3 aromatic rings. The number of hydrogen-bond acceptors (Lipinski definition) is 0. The molecule has 0 fully saturated rings. The van der Waals surface area contributed by atoms with E-state index < -0.39 is 8.07 Å². The van der Waals surface area contributed by atoms with Gasteiger partial charge in [-0.2, -0.15) is 11.3 Å². The molecule has 0 saturated carbocycles. The number of rotatable bonds is 9. The minimum atomic E-state index is -2.60. The molecule has 0 nitrogen and oxygen atoms in total. The summed E-state index contributed by atoms with van der Waals surface area (Å²) in [6, 6.07) is 28.7. The molecule has 5 heteroatoms. The van der Waals surface area contributed by atoms with Gasteiger partial charge in [0.05, 0.1) is 8.07 Å². The van der Waals surface area contributed by atoms with Gasteiger partial charge < -0.3 is 0 Å². The molecule has 1 atom stereocenters. The first kappa shape index (κ1) is 39.9. The predicted molar refractivity (Wildman–Crippen MR) is 187 cm³/mol. The largest absolute Gasteiger partial charge is 0.269 e. The van der Waals surface area contributed by atoms with E-state index in [9.17, 15) is 0 Å². The third-order valence-electron chi connectivity index (χ3n) is 8.36. The molecule has 0 aliphatic heterocycles. The minimum Gasteiger partial charge on any atom is -0.269 e. The Morgan fingerprint density at radius 2 is 1.00 bits per heavy atom. The van der Waals surface area contributed by atoms with E-state index in [-0.39, 0.29) is 58.9 Å². The summed E-state index contributed by atoms with van der Waals surface area (Å²) in [5.74, 6) is 1.97. The van der Waals surface area contributed by atoms with Gasteiger partial charge in [0, 0.05) is 21.7 Å². The van der Waals surface area contributed by atoms with Crippen LogP contribution in [0.2, 0.25) is 0 Å². The summed E-state index contributed by atoms with van der Waals surface area (Å²) >= 11 is 0. The van der Waals surface area contributed by atoms with Crippen LogP contribution >= 0.6 is 37.2 Å². The van der Waals surface area contributed by atoms with Gasteiger partial charge in [-0.15, -0.1) is 43.6 Å². The number of halogens is 3. The maximum absolute atomic E-state index is 3.84. The molecule has 222 valence electrons. The summed E-state index contributed by atoms with van der Waals surface area (Å²) in [5.41, 5.74) is 5.72. The number of benzene rings is 3. The van der Waals surface area contributed by atoms with E-state index >= 15 is 0 Å². The zero-order valence-corrected chi connectivity index (χ0v) is 31.0. The van der Waals surface area contributed by atoms with Gasteiger partial charge in [0.1, 0.15) is 0 Å². The van der Waals surface area contributed by atoms with Gasteiger partial charge in [-0.25, -0.2) is 5.57 Å². The van der Waals surface area contributed by atoms with Gasteiger partial charge in [-0.05, 0) is 34.4 Å². The smallest absolute Gasteiger partial charge is 0.0993 e. The second-order valence-electron chi connectivity index (χ2n) is 11.8. The van der Waals surface area contributed by atoms with Crippen molar-refractivity contribution in [3.63, 3.8) is 0 Å². The Kier molecular flexibility index (Phi) is 16.8. The summed E-state index contributed by atoms with van der Waals surface area (Å²) < 4.78 is 0. The van der Waals surface area contributed by atoms with Crippen LogP contribution in [0.3, 0.4) is 0 Å². The van der Waals surface area contributed by atoms with Crippen molar-refractivity contribution in [3.8, 4) is 0 Å². The van der Waals surface area contributed by atoms with Gasteiger partial charge in [-0.1, -0.05) is 156 Å². The summed E-state index contributed by atoms with van der Waals surface area (Å²) in [4.78, 5) is 0. The zero-order chi connectivity index (χ0) is 26.7. The second kappa shape index (κ2) is 17.3. The molecule has 0 saturated heterocycles. The molecule has 1 aliphatic carbocycles. The van der Waals surface area contributed by atoms with E-state index in [1.54, 1.807) is 5.20 Å². The van der Waals surface area contributed by atoms with Crippen molar-refractivity contribution in [2.45, 2.75) is 86.0 Å². The van der Waals surface area contributed by atoms with Crippen LogP contribution in [0.25, 0.3) is 0 Å². The van der Waals surface area contributed by atoms with Crippen LogP contribution < -0.4 is 15.6 Å². The van der Waals surface area contributed by atoms with Crippen LogP contribution in [0.15, 0.2) is 89.6 Å². The molecule has 4 rings (SSSR count). The van der Waals surface area contributed by atoms with Crippen molar-refractivity contribution in [3.05, 3.63) is 112 Å². The van der Waals surface area contributed by atoms with Crippen molar-refractivity contribution >= 4 is 60.9 Å². The molecule has 1 aliphatic rings. The number of allylic oxidation sites excluding steroid dienone is 4. The van der Waals surface area contributed by atoms with Crippen molar-refractivity contribution in [1.82, 2.24) is 0 Å². The normalized spacial score (nSPS) is 13.4. The monoisotopic (exact) mass is 661 g/mol. The Morgan fingerprint density at radius 3 is 1.32 bits per heavy atom. The van der Waals surface area contributed by atoms with Crippen molar-refractivity contribution in [1.29, 1.82) is 0 Å². The number of hydrogen-bond donors (Lipinski definition) is 0. The van der Waals surface area contributed by atoms with Gasteiger partial charge in [-0.3, -0.25) is 6.08 Å². The van der Waals surface area contributed by atoms with E-state index in [4.69, 9.17) is 0 Å². The average molecular weight is 663 g/mol. The van der Waals surface area contributed by atoms with Crippen LogP contribution in [0.1, 0.15) is 103 Å². The molecule has 0 aromatic heterocycles. The van der Waals surface area contributed by atoms with Crippen LogP contribution in [0.4, 0.5) is 0 Å². The first-order chi connectivity index (χ1) is 17.7. The van der Waals surface area contributed by atoms with Crippen molar-refractivity contribution in [2.24, 2.45) is 5.92 Å². The van der Waals surface area contributed by atoms with E-state index in [0.717, 1.165) is 12.8 Å². The van der Waals surface area contributed by atoms with Crippen LogP contribution in [0.5, 0.6) is 0 Å². The van der Waals surface area contributed by atoms with Gasteiger partial charge in [0.2, 0.25) is 0 Å². The summed E-state index contributed by atoms with van der Waals surface area (Å²) in [6.45, 7) is 18.6. The molecule has 0 bridgehead atoms. The topological polar surface area (TPSA) is 0 Å².